The zero-order valence-electron chi connectivity index (χ0n) is 11.2. The molecular formula is C14H17N5O. The molecule has 0 atom stereocenters. The van der Waals surface area contributed by atoms with E-state index in [0.29, 0.717) is 6.54 Å². The van der Waals surface area contributed by atoms with Crippen molar-refractivity contribution >= 4 is 5.69 Å². The average molecular weight is 271 g/mol. The number of rotatable bonds is 4. The van der Waals surface area contributed by atoms with Gasteiger partial charge in [-0.1, -0.05) is 0 Å². The fraction of sp³-hybridized carbons (Fsp3) is 0.429. The number of anilines is 1. The van der Waals surface area contributed by atoms with Crippen molar-refractivity contribution in [1.82, 2.24) is 10.1 Å². The molecule has 104 valence electrons. The Morgan fingerprint density at radius 3 is 2.95 bits per heavy atom. The number of nitrogens with zero attached hydrogens (tertiary/aromatic N) is 4. The first-order valence-corrected chi connectivity index (χ1v) is 6.78. The molecule has 0 unspecified atom stereocenters. The normalized spacial score (nSPS) is 18.9. The van der Waals surface area contributed by atoms with Crippen molar-refractivity contribution in [3.63, 3.8) is 0 Å². The summed E-state index contributed by atoms with van der Waals surface area (Å²) < 4.78 is 6.02. The molecule has 1 aromatic heterocycles. The lowest BCUT2D eigenvalue weighted by molar-refractivity contribution is 0.120. The second kappa shape index (κ2) is 5.49. The molecule has 6 nitrogen and oxygen atoms in total. The van der Waals surface area contributed by atoms with E-state index in [4.69, 9.17) is 15.8 Å². The van der Waals surface area contributed by atoms with Gasteiger partial charge in [0.05, 0.1) is 37.0 Å². The molecule has 1 aromatic rings. The standard InChI is InChI=1S/C14H17N5O/c15-6-5-11-9-14(20-12-3-1-4-12)13(10-17-11)18-7-2-8-19(18)16/h2,7,9-10,12H,1,3-5,8,16H2. The third-order valence-corrected chi connectivity index (χ3v) is 3.57. The number of ether oxygens (including phenoxy) is 1. The van der Waals surface area contributed by atoms with Gasteiger partial charge in [0.2, 0.25) is 0 Å². The molecule has 1 aliphatic heterocycles. The van der Waals surface area contributed by atoms with Crippen LogP contribution in [0.1, 0.15) is 25.0 Å². The second-order valence-electron chi connectivity index (χ2n) is 5.00. The Labute approximate surface area is 118 Å². The van der Waals surface area contributed by atoms with Gasteiger partial charge in [0.25, 0.3) is 0 Å². The van der Waals surface area contributed by atoms with Crippen LogP contribution in [0.25, 0.3) is 0 Å². The highest BCUT2D eigenvalue weighted by Crippen LogP contribution is 2.34. The number of hydrogen-bond donors (Lipinski definition) is 1. The molecule has 20 heavy (non-hydrogen) atoms. The molecule has 2 N–H and O–H groups in total. The second-order valence-corrected chi connectivity index (χ2v) is 5.00. The van der Waals surface area contributed by atoms with Crippen LogP contribution >= 0.6 is 0 Å². The lowest BCUT2D eigenvalue weighted by atomic mass is 9.96. The van der Waals surface area contributed by atoms with Crippen LogP contribution in [0.3, 0.4) is 0 Å². The number of aromatic nitrogens is 1. The first kappa shape index (κ1) is 12.9. The van der Waals surface area contributed by atoms with Crippen LogP contribution in [0.5, 0.6) is 5.75 Å². The van der Waals surface area contributed by atoms with E-state index in [1.165, 1.54) is 6.42 Å². The van der Waals surface area contributed by atoms with Gasteiger partial charge in [-0.05, 0) is 25.3 Å². The molecule has 2 heterocycles. The van der Waals surface area contributed by atoms with Crippen molar-refractivity contribution in [2.75, 3.05) is 11.6 Å². The van der Waals surface area contributed by atoms with Gasteiger partial charge in [0.15, 0.2) is 0 Å². The van der Waals surface area contributed by atoms with Crippen LogP contribution in [0.2, 0.25) is 0 Å². The number of nitriles is 1. The molecule has 1 fully saturated rings. The highest BCUT2D eigenvalue weighted by atomic mass is 16.5. The van der Waals surface area contributed by atoms with Gasteiger partial charge in [-0.3, -0.25) is 9.99 Å². The SMILES string of the molecule is N#CCc1cc(OC2CCC2)c(N2C=CCN2N)cn1. The van der Waals surface area contributed by atoms with Gasteiger partial charge in [-0.25, -0.2) is 5.84 Å². The molecule has 0 saturated heterocycles. The molecule has 1 saturated carbocycles. The van der Waals surface area contributed by atoms with Crippen molar-refractivity contribution in [3.8, 4) is 11.8 Å². The van der Waals surface area contributed by atoms with E-state index in [-0.39, 0.29) is 12.5 Å². The summed E-state index contributed by atoms with van der Waals surface area (Å²) in [6, 6.07) is 3.95. The van der Waals surface area contributed by atoms with Crippen molar-refractivity contribution < 1.29 is 4.74 Å². The van der Waals surface area contributed by atoms with Crippen LogP contribution < -0.4 is 15.6 Å². The fourth-order valence-electron chi connectivity index (χ4n) is 2.23. The summed E-state index contributed by atoms with van der Waals surface area (Å²) in [5.41, 5.74) is 1.53. The summed E-state index contributed by atoms with van der Waals surface area (Å²) in [6.07, 6.45) is 9.51. The molecular weight excluding hydrogens is 254 g/mol. The quantitative estimate of drug-likeness (QED) is 0.836. The van der Waals surface area contributed by atoms with Gasteiger partial charge >= 0.3 is 0 Å². The van der Waals surface area contributed by atoms with Crippen LogP contribution in [0, 0.1) is 11.3 Å². The molecule has 0 amide bonds. The molecule has 0 spiro atoms. The summed E-state index contributed by atoms with van der Waals surface area (Å²) in [4.78, 5) is 4.30. The Bertz CT molecular complexity index is 561. The third kappa shape index (κ3) is 2.46. The summed E-state index contributed by atoms with van der Waals surface area (Å²) in [7, 11) is 0. The van der Waals surface area contributed by atoms with Gasteiger partial charge in [-0.15, -0.1) is 0 Å². The van der Waals surface area contributed by atoms with Gasteiger partial charge in [0, 0.05) is 12.3 Å². The van der Waals surface area contributed by atoms with E-state index in [2.05, 4.69) is 11.1 Å². The molecule has 0 aromatic carbocycles. The Balaban J connectivity index is 1.90. The molecule has 0 bridgehead atoms. The minimum Gasteiger partial charge on any atom is -0.488 e. The summed E-state index contributed by atoms with van der Waals surface area (Å²) in [6.45, 7) is 0.656. The Morgan fingerprint density at radius 1 is 1.50 bits per heavy atom. The first-order chi connectivity index (χ1) is 9.78. The van der Waals surface area contributed by atoms with E-state index in [9.17, 15) is 0 Å². The molecule has 3 rings (SSSR count). The maximum Gasteiger partial charge on any atom is 0.148 e. The maximum absolute atomic E-state index is 8.79. The highest BCUT2D eigenvalue weighted by Gasteiger charge is 2.24. The number of hydrazine groups is 2. The third-order valence-electron chi connectivity index (χ3n) is 3.57. The minimum absolute atomic E-state index is 0.267. The topological polar surface area (TPSA) is 78.4 Å². The van der Waals surface area contributed by atoms with Gasteiger partial charge in [0.1, 0.15) is 11.4 Å². The monoisotopic (exact) mass is 271 g/mol. The summed E-state index contributed by atoms with van der Waals surface area (Å²) >= 11 is 0. The van der Waals surface area contributed by atoms with Crippen LogP contribution in [-0.4, -0.2) is 22.8 Å². The Hall–Kier alpha value is -2.10. The average Bonchev–Trinajstić information content (AvgIpc) is 2.81. The van der Waals surface area contributed by atoms with Gasteiger partial charge in [-0.2, -0.15) is 10.4 Å². The number of hydrogen-bond acceptors (Lipinski definition) is 6. The van der Waals surface area contributed by atoms with E-state index < -0.39 is 0 Å². The van der Waals surface area contributed by atoms with E-state index in [0.717, 1.165) is 30.0 Å². The smallest absolute Gasteiger partial charge is 0.148 e. The minimum atomic E-state index is 0.267. The number of pyridine rings is 1. The van der Waals surface area contributed by atoms with Crippen molar-refractivity contribution in [2.45, 2.75) is 31.8 Å². The van der Waals surface area contributed by atoms with Crippen LogP contribution in [0.4, 0.5) is 5.69 Å². The Kier molecular flexibility index (Phi) is 3.54. The highest BCUT2D eigenvalue weighted by molar-refractivity contribution is 5.59. The van der Waals surface area contributed by atoms with E-state index >= 15 is 0 Å². The zero-order valence-corrected chi connectivity index (χ0v) is 11.2. The van der Waals surface area contributed by atoms with Crippen molar-refractivity contribution in [2.24, 2.45) is 5.84 Å². The summed E-state index contributed by atoms with van der Waals surface area (Å²) in [5, 5.41) is 12.2. The molecule has 0 radical (unpaired) electrons. The largest absolute Gasteiger partial charge is 0.488 e. The van der Waals surface area contributed by atoms with Gasteiger partial charge < -0.3 is 4.74 Å². The lowest BCUT2D eigenvalue weighted by Crippen LogP contribution is -2.41. The van der Waals surface area contributed by atoms with E-state index in [1.54, 1.807) is 11.3 Å². The molecule has 1 aliphatic carbocycles. The predicted molar refractivity (Wildman–Crippen MR) is 74.3 cm³/mol. The lowest BCUT2D eigenvalue weighted by Gasteiger charge is -2.31. The first-order valence-electron chi connectivity index (χ1n) is 6.78. The molecule has 2 aliphatic rings. The predicted octanol–water partition coefficient (Wildman–Crippen LogP) is 1.50. The molecule has 6 heteroatoms. The van der Waals surface area contributed by atoms with Crippen molar-refractivity contribution in [3.05, 3.63) is 30.2 Å². The maximum atomic E-state index is 8.79. The van der Waals surface area contributed by atoms with Crippen LogP contribution in [-0.2, 0) is 6.42 Å². The van der Waals surface area contributed by atoms with Crippen molar-refractivity contribution in [1.29, 1.82) is 5.26 Å². The zero-order chi connectivity index (χ0) is 13.9. The van der Waals surface area contributed by atoms with E-state index in [1.807, 2.05) is 23.4 Å². The summed E-state index contributed by atoms with van der Waals surface area (Å²) in [5.74, 6) is 6.66. The fourth-order valence-corrected chi connectivity index (χ4v) is 2.23. The Morgan fingerprint density at radius 2 is 2.35 bits per heavy atom. The number of nitrogens with two attached hydrogens (primary N) is 1. The van der Waals surface area contributed by atoms with Crippen LogP contribution in [0.15, 0.2) is 24.5 Å².